The van der Waals surface area contributed by atoms with Crippen LogP contribution in [0.15, 0.2) is 6.20 Å². The van der Waals surface area contributed by atoms with Gasteiger partial charge in [-0.15, -0.1) is 0 Å². The zero-order valence-corrected chi connectivity index (χ0v) is 13.3. The highest BCUT2D eigenvalue weighted by atomic mass is 16.5. The Bertz CT molecular complexity index is 641. The Labute approximate surface area is 130 Å². The highest BCUT2D eigenvalue weighted by Gasteiger charge is 2.27. The van der Waals surface area contributed by atoms with Gasteiger partial charge in [-0.1, -0.05) is 6.42 Å². The van der Waals surface area contributed by atoms with Crippen LogP contribution in [0.3, 0.4) is 0 Å². The third-order valence-electron chi connectivity index (χ3n) is 4.14. The molecule has 22 heavy (non-hydrogen) atoms. The molecule has 7 nitrogen and oxygen atoms in total. The van der Waals surface area contributed by atoms with E-state index in [9.17, 15) is 0 Å². The minimum Gasteiger partial charge on any atom is -0.467 e. The predicted octanol–water partition coefficient (Wildman–Crippen LogP) is 1.95. The van der Waals surface area contributed by atoms with Crippen molar-refractivity contribution < 1.29 is 4.74 Å². The first-order valence-electron chi connectivity index (χ1n) is 7.67. The average molecular weight is 302 g/mol. The van der Waals surface area contributed by atoms with E-state index in [2.05, 4.69) is 30.0 Å². The Hall–Kier alpha value is -2.02. The lowest BCUT2D eigenvalue weighted by Crippen LogP contribution is -2.34. The summed E-state index contributed by atoms with van der Waals surface area (Å²) in [7, 11) is 1.58. The summed E-state index contributed by atoms with van der Waals surface area (Å²) in [4.78, 5) is 15.5. The van der Waals surface area contributed by atoms with Crippen LogP contribution in [0.5, 0.6) is 6.01 Å². The van der Waals surface area contributed by atoms with Crippen molar-refractivity contribution >= 4 is 0 Å². The van der Waals surface area contributed by atoms with E-state index in [0.29, 0.717) is 6.01 Å². The van der Waals surface area contributed by atoms with Gasteiger partial charge in [-0.3, -0.25) is 10.00 Å². The van der Waals surface area contributed by atoms with E-state index in [1.807, 2.05) is 20.0 Å². The first-order valence-corrected chi connectivity index (χ1v) is 7.67. The van der Waals surface area contributed by atoms with Crippen LogP contribution in [-0.2, 0) is 6.54 Å². The molecule has 1 unspecified atom stereocenters. The van der Waals surface area contributed by atoms with Crippen LogP contribution in [0.4, 0.5) is 0 Å². The number of piperidine rings is 1. The Kier molecular flexibility index (Phi) is 4.33. The number of methoxy groups -OCH3 is 1. The first-order chi connectivity index (χ1) is 10.7. The fourth-order valence-corrected chi connectivity index (χ4v) is 2.92. The summed E-state index contributed by atoms with van der Waals surface area (Å²) in [6, 6.07) is 0.682. The molecule has 2 aromatic rings. The molecular weight excluding hydrogens is 280 g/mol. The highest BCUT2D eigenvalue weighted by molar-refractivity contribution is 5.18. The standard InChI is InChI=1S/C15H22N6O/c1-10-12(8-16-15(17-10)22-3)9-21-7-5-4-6-13(21)14-18-11(2)19-20-14/h8,13H,4-7,9H2,1-3H3,(H,18,19,20). The summed E-state index contributed by atoms with van der Waals surface area (Å²) >= 11 is 0. The quantitative estimate of drug-likeness (QED) is 0.930. The van der Waals surface area contributed by atoms with E-state index in [0.717, 1.165) is 42.4 Å². The molecule has 3 heterocycles. The number of nitrogens with one attached hydrogen (secondary N) is 1. The van der Waals surface area contributed by atoms with Crippen molar-refractivity contribution in [3.05, 3.63) is 29.1 Å². The molecule has 2 aromatic heterocycles. The number of aromatic nitrogens is 5. The smallest absolute Gasteiger partial charge is 0.316 e. The molecule has 1 aliphatic rings. The SMILES string of the molecule is COc1ncc(CN2CCCCC2c2n[nH]c(C)n2)c(C)n1. The summed E-state index contributed by atoms with van der Waals surface area (Å²) in [5, 5.41) is 7.30. The predicted molar refractivity (Wildman–Crippen MR) is 81.4 cm³/mol. The van der Waals surface area contributed by atoms with Crippen LogP contribution >= 0.6 is 0 Å². The number of ether oxygens (including phenoxy) is 1. The van der Waals surface area contributed by atoms with Gasteiger partial charge in [-0.05, 0) is 33.2 Å². The third kappa shape index (κ3) is 3.09. The molecule has 118 valence electrons. The topological polar surface area (TPSA) is 79.8 Å². The van der Waals surface area contributed by atoms with Crippen LogP contribution in [0, 0.1) is 13.8 Å². The Morgan fingerprint density at radius 3 is 2.86 bits per heavy atom. The van der Waals surface area contributed by atoms with Crippen molar-refractivity contribution in [2.24, 2.45) is 0 Å². The van der Waals surface area contributed by atoms with Crippen LogP contribution < -0.4 is 4.74 Å². The molecule has 1 atom stereocenters. The largest absolute Gasteiger partial charge is 0.467 e. The summed E-state index contributed by atoms with van der Waals surface area (Å²) < 4.78 is 5.07. The van der Waals surface area contributed by atoms with Gasteiger partial charge in [0.1, 0.15) is 5.82 Å². The lowest BCUT2D eigenvalue weighted by molar-refractivity contribution is 0.133. The Morgan fingerprint density at radius 1 is 1.32 bits per heavy atom. The molecule has 1 fully saturated rings. The number of rotatable bonds is 4. The maximum atomic E-state index is 5.07. The van der Waals surface area contributed by atoms with Gasteiger partial charge in [0.25, 0.3) is 0 Å². The van der Waals surface area contributed by atoms with Crippen LogP contribution in [-0.4, -0.2) is 43.7 Å². The summed E-state index contributed by atoms with van der Waals surface area (Å²) in [6.45, 7) is 5.79. The van der Waals surface area contributed by atoms with Crippen molar-refractivity contribution in [2.45, 2.75) is 45.7 Å². The number of likely N-dealkylation sites (tertiary alicyclic amines) is 1. The van der Waals surface area contributed by atoms with E-state index >= 15 is 0 Å². The Morgan fingerprint density at radius 2 is 2.18 bits per heavy atom. The lowest BCUT2D eigenvalue weighted by atomic mass is 10.0. The van der Waals surface area contributed by atoms with Crippen LogP contribution in [0.2, 0.25) is 0 Å². The number of hydrogen-bond donors (Lipinski definition) is 1. The molecule has 0 bridgehead atoms. The van der Waals surface area contributed by atoms with E-state index in [4.69, 9.17) is 4.74 Å². The van der Waals surface area contributed by atoms with Gasteiger partial charge in [0.15, 0.2) is 5.82 Å². The molecule has 1 N–H and O–H groups in total. The molecule has 0 spiro atoms. The van der Waals surface area contributed by atoms with Crippen molar-refractivity contribution in [1.29, 1.82) is 0 Å². The van der Waals surface area contributed by atoms with Crippen molar-refractivity contribution in [3.8, 4) is 6.01 Å². The summed E-state index contributed by atoms with van der Waals surface area (Å²) in [5.41, 5.74) is 2.09. The number of nitrogens with zero attached hydrogens (tertiary/aromatic N) is 5. The molecular formula is C15H22N6O. The molecule has 3 rings (SSSR count). The monoisotopic (exact) mass is 302 g/mol. The van der Waals surface area contributed by atoms with E-state index in [1.165, 1.54) is 12.8 Å². The van der Waals surface area contributed by atoms with Gasteiger partial charge >= 0.3 is 6.01 Å². The Balaban J connectivity index is 1.79. The molecule has 7 heteroatoms. The molecule has 0 aromatic carbocycles. The zero-order valence-electron chi connectivity index (χ0n) is 13.3. The van der Waals surface area contributed by atoms with Gasteiger partial charge < -0.3 is 4.74 Å². The third-order valence-corrected chi connectivity index (χ3v) is 4.14. The maximum Gasteiger partial charge on any atom is 0.316 e. The minimum absolute atomic E-state index is 0.264. The second kappa shape index (κ2) is 6.39. The van der Waals surface area contributed by atoms with Gasteiger partial charge in [-0.2, -0.15) is 5.10 Å². The number of aryl methyl sites for hydroxylation is 2. The van der Waals surface area contributed by atoms with E-state index in [1.54, 1.807) is 7.11 Å². The average Bonchev–Trinajstić information content (AvgIpc) is 2.96. The van der Waals surface area contributed by atoms with Gasteiger partial charge in [0.05, 0.1) is 13.2 Å². The zero-order chi connectivity index (χ0) is 15.5. The highest BCUT2D eigenvalue weighted by Crippen LogP contribution is 2.30. The number of aromatic amines is 1. The number of H-pyrrole nitrogens is 1. The van der Waals surface area contributed by atoms with Crippen molar-refractivity contribution in [3.63, 3.8) is 0 Å². The molecule has 0 aliphatic carbocycles. The molecule has 0 saturated carbocycles. The van der Waals surface area contributed by atoms with Gasteiger partial charge in [0.2, 0.25) is 0 Å². The van der Waals surface area contributed by atoms with E-state index < -0.39 is 0 Å². The molecule has 0 radical (unpaired) electrons. The van der Waals surface area contributed by atoms with Crippen molar-refractivity contribution in [1.82, 2.24) is 30.0 Å². The fraction of sp³-hybridized carbons (Fsp3) is 0.600. The summed E-state index contributed by atoms with van der Waals surface area (Å²) in [6.07, 6.45) is 5.37. The van der Waals surface area contributed by atoms with E-state index in [-0.39, 0.29) is 6.04 Å². The van der Waals surface area contributed by atoms with Gasteiger partial charge in [0, 0.05) is 24.0 Å². The lowest BCUT2D eigenvalue weighted by Gasteiger charge is -2.34. The number of hydrogen-bond acceptors (Lipinski definition) is 6. The minimum atomic E-state index is 0.264. The molecule has 1 saturated heterocycles. The second-order valence-electron chi connectivity index (χ2n) is 5.73. The fourth-order valence-electron chi connectivity index (χ4n) is 2.92. The van der Waals surface area contributed by atoms with Crippen LogP contribution in [0.1, 0.15) is 48.2 Å². The molecule has 1 aliphatic heterocycles. The maximum absolute atomic E-state index is 5.07. The molecule has 0 amide bonds. The van der Waals surface area contributed by atoms with Crippen molar-refractivity contribution in [2.75, 3.05) is 13.7 Å². The van der Waals surface area contributed by atoms with Gasteiger partial charge in [-0.25, -0.2) is 15.0 Å². The normalized spacial score (nSPS) is 19.3. The van der Waals surface area contributed by atoms with Crippen LogP contribution in [0.25, 0.3) is 0 Å². The second-order valence-corrected chi connectivity index (χ2v) is 5.73. The summed E-state index contributed by atoms with van der Waals surface area (Å²) in [5.74, 6) is 1.76. The first kappa shape index (κ1) is 14.9.